The van der Waals surface area contributed by atoms with Crippen LogP contribution in [0.2, 0.25) is 0 Å². The summed E-state index contributed by atoms with van der Waals surface area (Å²) in [5.41, 5.74) is 10.6. The van der Waals surface area contributed by atoms with Crippen LogP contribution in [-0.2, 0) is 7.05 Å². The van der Waals surface area contributed by atoms with Gasteiger partial charge in [0.15, 0.2) is 5.65 Å². The molecule has 0 saturated carbocycles. The first-order valence-corrected chi connectivity index (χ1v) is 5.81. The van der Waals surface area contributed by atoms with Gasteiger partial charge in [0.1, 0.15) is 5.82 Å². The normalized spacial score (nSPS) is 11.0. The van der Waals surface area contributed by atoms with Crippen LogP contribution < -0.4 is 5.73 Å². The zero-order chi connectivity index (χ0) is 12.7. The van der Waals surface area contributed by atoms with Crippen LogP contribution in [0.3, 0.4) is 0 Å². The quantitative estimate of drug-likeness (QED) is 0.663. The van der Waals surface area contributed by atoms with Gasteiger partial charge in [-0.3, -0.25) is 0 Å². The minimum absolute atomic E-state index is 0.761. The number of nitrogen functional groups attached to an aromatic ring is 1. The van der Waals surface area contributed by atoms with Gasteiger partial charge in [0.05, 0.1) is 5.52 Å². The molecular formula is C14H14N4. The third-order valence-corrected chi connectivity index (χ3v) is 3.27. The van der Waals surface area contributed by atoms with Gasteiger partial charge in [0.2, 0.25) is 0 Å². The number of nitrogens with zero attached hydrogens (tertiary/aromatic N) is 3. The molecule has 2 heterocycles. The number of fused-ring (bicyclic) bond motifs is 1. The number of aryl methyl sites for hydroxylation is 1. The summed E-state index contributed by atoms with van der Waals surface area (Å²) in [5, 5.41) is 0. The van der Waals surface area contributed by atoms with Gasteiger partial charge in [-0.1, -0.05) is 12.1 Å². The van der Waals surface area contributed by atoms with E-state index in [0.29, 0.717) is 0 Å². The molecule has 90 valence electrons. The van der Waals surface area contributed by atoms with Crippen LogP contribution >= 0.6 is 0 Å². The zero-order valence-electron chi connectivity index (χ0n) is 10.4. The van der Waals surface area contributed by atoms with Gasteiger partial charge in [-0.25, -0.2) is 9.97 Å². The van der Waals surface area contributed by atoms with Crippen molar-refractivity contribution >= 4 is 16.9 Å². The Hall–Kier alpha value is -2.36. The smallest absolute Gasteiger partial charge is 0.178 e. The molecule has 1 aromatic carbocycles. The number of nitrogens with two attached hydrogens (primary N) is 1. The number of hydrogen-bond donors (Lipinski definition) is 1. The van der Waals surface area contributed by atoms with E-state index in [-0.39, 0.29) is 0 Å². The fourth-order valence-electron chi connectivity index (χ4n) is 2.16. The van der Waals surface area contributed by atoms with E-state index >= 15 is 0 Å². The van der Waals surface area contributed by atoms with Crippen molar-refractivity contribution < 1.29 is 0 Å². The van der Waals surface area contributed by atoms with Crippen LogP contribution in [0.15, 0.2) is 36.5 Å². The molecule has 3 rings (SSSR count). The molecule has 18 heavy (non-hydrogen) atoms. The topological polar surface area (TPSA) is 56.7 Å². The lowest BCUT2D eigenvalue weighted by atomic mass is 10.1. The van der Waals surface area contributed by atoms with E-state index in [1.165, 1.54) is 0 Å². The Kier molecular flexibility index (Phi) is 2.30. The van der Waals surface area contributed by atoms with E-state index in [2.05, 4.69) is 9.97 Å². The number of aromatic nitrogens is 3. The first-order chi connectivity index (χ1) is 8.68. The molecule has 2 aromatic heterocycles. The zero-order valence-corrected chi connectivity index (χ0v) is 10.4. The second-order valence-corrected chi connectivity index (χ2v) is 4.36. The summed E-state index contributed by atoms with van der Waals surface area (Å²) in [6, 6.07) is 9.82. The van der Waals surface area contributed by atoms with Crippen LogP contribution in [0.1, 0.15) is 5.56 Å². The maximum absolute atomic E-state index is 5.95. The number of anilines is 1. The van der Waals surface area contributed by atoms with Crippen molar-refractivity contribution in [2.45, 2.75) is 6.92 Å². The standard InChI is InChI=1S/C14H14N4/c1-9-10(5-3-6-11(9)15)14-17-13-12(18(14)2)7-4-8-16-13/h3-8H,15H2,1-2H3. The van der Waals surface area contributed by atoms with Gasteiger partial charge >= 0.3 is 0 Å². The third-order valence-electron chi connectivity index (χ3n) is 3.27. The lowest BCUT2D eigenvalue weighted by Gasteiger charge is -2.08. The number of hydrogen-bond acceptors (Lipinski definition) is 3. The van der Waals surface area contributed by atoms with E-state index in [0.717, 1.165) is 33.8 Å². The van der Waals surface area contributed by atoms with Crippen LogP contribution in [0.25, 0.3) is 22.6 Å². The molecule has 0 aliphatic carbocycles. The van der Waals surface area contributed by atoms with E-state index in [9.17, 15) is 0 Å². The summed E-state index contributed by atoms with van der Waals surface area (Å²) < 4.78 is 2.05. The Morgan fingerprint density at radius 1 is 1.17 bits per heavy atom. The molecule has 4 nitrogen and oxygen atoms in total. The molecule has 0 fully saturated rings. The van der Waals surface area contributed by atoms with E-state index in [4.69, 9.17) is 5.73 Å². The molecule has 0 unspecified atom stereocenters. The highest BCUT2D eigenvalue weighted by Gasteiger charge is 2.12. The molecule has 0 atom stereocenters. The molecule has 0 spiro atoms. The maximum atomic E-state index is 5.95. The van der Waals surface area contributed by atoms with Crippen molar-refractivity contribution in [2.24, 2.45) is 7.05 Å². The summed E-state index contributed by atoms with van der Waals surface area (Å²) in [7, 11) is 2.00. The van der Waals surface area contributed by atoms with Crippen molar-refractivity contribution in [1.29, 1.82) is 0 Å². The molecule has 2 N–H and O–H groups in total. The van der Waals surface area contributed by atoms with Crippen LogP contribution in [-0.4, -0.2) is 14.5 Å². The van der Waals surface area contributed by atoms with Gasteiger partial charge in [-0.2, -0.15) is 0 Å². The Morgan fingerprint density at radius 2 is 2.00 bits per heavy atom. The summed E-state index contributed by atoms with van der Waals surface area (Å²) in [5.74, 6) is 0.897. The maximum Gasteiger partial charge on any atom is 0.178 e. The average molecular weight is 238 g/mol. The largest absolute Gasteiger partial charge is 0.398 e. The fraction of sp³-hybridized carbons (Fsp3) is 0.143. The molecule has 3 aromatic rings. The van der Waals surface area contributed by atoms with Gasteiger partial charge in [-0.05, 0) is 30.7 Å². The molecule has 0 bridgehead atoms. The average Bonchev–Trinajstić information content (AvgIpc) is 2.71. The second kappa shape index (κ2) is 3.84. The lowest BCUT2D eigenvalue weighted by molar-refractivity contribution is 0.957. The number of rotatable bonds is 1. The summed E-state index contributed by atoms with van der Waals surface area (Å²) in [6.07, 6.45) is 1.76. The highest BCUT2D eigenvalue weighted by atomic mass is 15.1. The number of benzene rings is 1. The van der Waals surface area contributed by atoms with Crippen molar-refractivity contribution in [1.82, 2.24) is 14.5 Å². The van der Waals surface area contributed by atoms with E-state index in [1.54, 1.807) is 6.20 Å². The van der Waals surface area contributed by atoms with Gasteiger partial charge in [0, 0.05) is 24.5 Å². The van der Waals surface area contributed by atoms with E-state index < -0.39 is 0 Å². The molecule has 0 amide bonds. The van der Waals surface area contributed by atoms with Crippen LogP contribution in [0, 0.1) is 6.92 Å². The van der Waals surface area contributed by atoms with Gasteiger partial charge in [0.25, 0.3) is 0 Å². The Labute approximate surface area is 105 Å². The molecule has 0 aliphatic heterocycles. The van der Waals surface area contributed by atoms with Crippen molar-refractivity contribution in [3.05, 3.63) is 42.1 Å². The molecule has 0 aliphatic rings. The van der Waals surface area contributed by atoms with Crippen molar-refractivity contribution in [2.75, 3.05) is 5.73 Å². The van der Waals surface area contributed by atoms with Crippen molar-refractivity contribution in [3.8, 4) is 11.4 Å². The summed E-state index contributed by atoms with van der Waals surface area (Å²) in [4.78, 5) is 8.86. The Balaban J connectivity index is 2.32. The van der Waals surface area contributed by atoms with Crippen LogP contribution in [0.4, 0.5) is 5.69 Å². The fourth-order valence-corrected chi connectivity index (χ4v) is 2.16. The summed E-state index contributed by atoms with van der Waals surface area (Å²) in [6.45, 7) is 2.01. The first kappa shape index (κ1) is 10.8. The highest BCUT2D eigenvalue weighted by molar-refractivity contribution is 5.79. The lowest BCUT2D eigenvalue weighted by Crippen LogP contribution is -1.97. The van der Waals surface area contributed by atoms with Gasteiger partial charge in [-0.15, -0.1) is 0 Å². The van der Waals surface area contributed by atoms with E-state index in [1.807, 2.05) is 48.9 Å². The minimum atomic E-state index is 0.761. The van der Waals surface area contributed by atoms with Crippen molar-refractivity contribution in [3.63, 3.8) is 0 Å². The Morgan fingerprint density at radius 3 is 2.78 bits per heavy atom. The first-order valence-electron chi connectivity index (χ1n) is 5.81. The van der Waals surface area contributed by atoms with Crippen LogP contribution in [0.5, 0.6) is 0 Å². The Bertz CT molecular complexity index is 728. The molecule has 4 heteroatoms. The molecular weight excluding hydrogens is 224 g/mol. The monoisotopic (exact) mass is 238 g/mol. The number of pyridine rings is 1. The predicted octanol–water partition coefficient (Wildman–Crippen LogP) is 2.53. The van der Waals surface area contributed by atoms with Gasteiger partial charge < -0.3 is 10.3 Å². The minimum Gasteiger partial charge on any atom is -0.398 e. The second-order valence-electron chi connectivity index (χ2n) is 4.36. The third kappa shape index (κ3) is 1.46. The number of imidazole rings is 1. The molecule has 0 radical (unpaired) electrons. The SMILES string of the molecule is Cc1c(N)cccc1-c1nc2ncccc2n1C. The highest BCUT2D eigenvalue weighted by Crippen LogP contribution is 2.27. The molecule has 0 saturated heterocycles. The summed E-state index contributed by atoms with van der Waals surface area (Å²) >= 11 is 0. The predicted molar refractivity (Wildman–Crippen MR) is 73.1 cm³/mol.